The highest BCUT2D eigenvalue weighted by Crippen LogP contribution is 2.47. The van der Waals surface area contributed by atoms with Crippen molar-refractivity contribution in [2.45, 2.75) is 19.4 Å². The molecule has 1 atom stereocenters. The number of hydrogen-bond acceptors (Lipinski definition) is 7. The summed E-state index contributed by atoms with van der Waals surface area (Å²) in [4.78, 5) is 0. The number of allylic oxidation sites excluding steroid dienone is 1. The van der Waals surface area contributed by atoms with Gasteiger partial charge in [0.25, 0.3) is 0 Å². The van der Waals surface area contributed by atoms with Crippen molar-refractivity contribution >= 4 is 0 Å². The van der Waals surface area contributed by atoms with Crippen molar-refractivity contribution in [3.05, 3.63) is 101 Å². The SMILES string of the molecule is CCOc1ccc(-c2[nH]nc3c2C(c2ccc(OCc4ccc(F)cc4)c(OC)c2)C(C#N)=C(N)O3)cc1. The molecule has 3 N–H and O–H groups in total. The van der Waals surface area contributed by atoms with Gasteiger partial charge in [-0.15, -0.1) is 5.10 Å². The Morgan fingerprint density at radius 1 is 1.05 bits per heavy atom. The lowest BCUT2D eigenvalue weighted by molar-refractivity contribution is 0.284. The van der Waals surface area contributed by atoms with Crippen LogP contribution < -0.4 is 24.7 Å². The van der Waals surface area contributed by atoms with Crippen molar-refractivity contribution < 1.29 is 23.3 Å². The van der Waals surface area contributed by atoms with E-state index in [4.69, 9.17) is 24.7 Å². The number of nitrogens with two attached hydrogens (primary N) is 1. The lowest BCUT2D eigenvalue weighted by Crippen LogP contribution is -2.21. The van der Waals surface area contributed by atoms with Gasteiger partial charge in [-0.2, -0.15) is 5.26 Å². The third-order valence-electron chi connectivity index (χ3n) is 6.22. The van der Waals surface area contributed by atoms with Crippen molar-refractivity contribution in [2.24, 2.45) is 5.73 Å². The number of halogens is 1. The first-order chi connectivity index (χ1) is 18.5. The van der Waals surface area contributed by atoms with E-state index in [0.717, 1.165) is 22.4 Å². The summed E-state index contributed by atoms with van der Waals surface area (Å²) in [5.41, 5.74) is 10.2. The van der Waals surface area contributed by atoms with Gasteiger partial charge in [-0.25, -0.2) is 4.39 Å². The van der Waals surface area contributed by atoms with Crippen LogP contribution in [-0.4, -0.2) is 23.9 Å². The molecular weight excluding hydrogens is 487 g/mol. The normalized spacial score (nSPS) is 14.3. The lowest BCUT2D eigenvalue weighted by atomic mass is 9.83. The number of fused-ring (bicyclic) bond motifs is 1. The number of benzene rings is 3. The number of aromatic amines is 1. The molecule has 4 aromatic rings. The van der Waals surface area contributed by atoms with Crippen LogP contribution in [0.3, 0.4) is 0 Å². The summed E-state index contributed by atoms with van der Waals surface area (Å²) >= 11 is 0. The summed E-state index contributed by atoms with van der Waals surface area (Å²) in [6.45, 7) is 2.72. The zero-order valence-electron chi connectivity index (χ0n) is 20.8. The minimum Gasteiger partial charge on any atom is -0.494 e. The van der Waals surface area contributed by atoms with E-state index < -0.39 is 5.92 Å². The van der Waals surface area contributed by atoms with Crippen LogP contribution in [0.5, 0.6) is 23.1 Å². The Kier molecular flexibility index (Phi) is 6.87. The van der Waals surface area contributed by atoms with Crippen LogP contribution in [0.1, 0.15) is 29.5 Å². The number of nitriles is 1. The zero-order valence-corrected chi connectivity index (χ0v) is 20.8. The van der Waals surface area contributed by atoms with Gasteiger partial charge in [-0.05, 0) is 66.6 Å². The first-order valence-electron chi connectivity index (χ1n) is 12.0. The molecule has 1 aliphatic rings. The van der Waals surface area contributed by atoms with Gasteiger partial charge in [0.15, 0.2) is 11.5 Å². The van der Waals surface area contributed by atoms with Crippen LogP contribution in [0.25, 0.3) is 11.3 Å². The smallest absolute Gasteiger partial charge is 0.244 e. The molecule has 1 aromatic heterocycles. The van der Waals surface area contributed by atoms with Gasteiger partial charge < -0.3 is 24.7 Å². The van der Waals surface area contributed by atoms with E-state index in [-0.39, 0.29) is 23.9 Å². The second-order valence-corrected chi connectivity index (χ2v) is 8.53. The topological polar surface area (TPSA) is 115 Å². The van der Waals surface area contributed by atoms with E-state index in [2.05, 4.69) is 16.3 Å². The number of nitrogens with one attached hydrogen (secondary N) is 1. The number of ether oxygens (including phenoxy) is 4. The largest absolute Gasteiger partial charge is 0.494 e. The molecule has 3 aromatic carbocycles. The van der Waals surface area contributed by atoms with Crippen molar-refractivity contribution in [1.29, 1.82) is 5.26 Å². The minimum atomic E-state index is -0.566. The predicted molar refractivity (Wildman–Crippen MR) is 138 cm³/mol. The fourth-order valence-electron chi connectivity index (χ4n) is 4.41. The van der Waals surface area contributed by atoms with Crippen molar-refractivity contribution in [1.82, 2.24) is 10.2 Å². The summed E-state index contributed by atoms with van der Waals surface area (Å²) in [5.74, 6) is 1.14. The van der Waals surface area contributed by atoms with Gasteiger partial charge in [0.1, 0.15) is 29.8 Å². The summed E-state index contributed by atoms with van der Waals surface area (Å²) in [7, 11) is 1.54. The maximum atomic E-state index is 13.2. The molecular formula is C29H25FN4O4. The molecule has 8 nitrogen and oxygen atoms in total. The highest BCUT2D eigenvalue weighted by Gasteiger charge is 2.36. The maximum absolute atomic E-state index is 13.2. The summed E-state index contributed by atoms with van der Waals surface area (Å²) in [6.07, 6.45) is 0. The van der Waals surface area contributed by atoms with E-state index in [1.54, 1.807) is 24.3 Å². The Hall–Kier alpha value is -4.97. The van der Waals surface area contributed by atoms with E-state index in [9.17, 15) is 9.65 Å². The minimum absolute atomic E-state index is 0.00894. The van der Waals surface area contributed by atoms with Gasteiger partial charge in [-0.3, -0.25) is 5.10 Å². The number of rotatable bonds is 8. The van der Waals surface area contributed by atoms with Crippen LogP contribution in [-0.2, 0) is 6.61 Å². The van der Waals surface area contributed by atoms with Gasteiger partial charge in [0, 0.05) is 5.56 Å². The molecule has 9 heteroatoms. The summed E-state index contributed by atoms with van der Waals surface area (Å²) < 4.78 is 36.1. The third-order valence-corrected chi connectivity index (χ3v) is 6.22. The number of aromatic nitrogens is 2. The molecule has 0 radical (unpaired) electrons. The van der Waals surface area contributed by atoms with Gasteiger partial charge in [0.05, 0.1) is 30.9 Å². The Bertz CT molecular complexity index is 1520. The Morgan fingerprint density at radius 3 is 2.50 bits per heavy atom. The molecule has 0 fully saturated rings. The van der Waals surface area contributed by atoms with Gasteiger partial charge >= 0.3 is 0 Å². The summed E-state index contributed by atoms with van der Waals surface area (Å²) in [6, 6.07) is 21.3. The van der Waals surface area contributed by atoms with Crippen molar-refractivity contribution in [3.8, 4) is 40.5 Å². The fourth-order valence-corrected chi connectivity index (χ4v) is 4.41. The zero-order chi connectivity index (χ0) is 26.6. The number of H-pyrrole nitrogens is 1. The number of hydrogen-bond donors (Lipinski definition) is 2. The van der Waals surface area contributed by atoms with E-state index in [0.29, 0.717) is 35.2 Å². The second-order valence-electron chi connectivity index (χ2n) is 8.53. The van der Waals surface area contributed by atoms with Crippen LogP contribution in [0.4, 0.5) is 4.39 Å². The molecule has 5 rings (SSSR count). The molecule has 0 saturated heterocycles. The highest BCUT2D eigenvalue weighted by atomic mass is 19.1. The van der Waals surface area contributed by atoms with E-state index >= 15 is 0 Å². The average molecular weight is 513 g/mol. The Labute approximate surface area is 219 Å². The molecule has 0 aliphatic carbocycles. The molecule has 192 valence electrons. The lowest BCUT2D eigenvalue weighted by Gasteiger charge is -2.25. The Morgan fingerprint density at radius 2 is 1.82 bits per heavy atom. The number of methoxy groups -OCH3 is 1. The molecule has 0 amide bonds. The predicted octanol–water partition coefficient (Wildman–Crippen LogP) is 5.42. The monoisotopic (exact) mass is 512 g/mol. The first kappa shape index (κ1) is 24.7. The molecule has 38 heavy (non-hydrogen) atoms. The maximum Gasteiger partial charge on any atom is 0.244 e. The van der Waals surface area contributed by atoms with Crippen molar-refractivity contribution in [2.75, 3.05) is 13.7 Å². The molecule has 0 saturated carbocycles. The second kappa shape index (κ2) is 10.6. The quantitative estimate of drug-likeness (QED) is 0.324. The van der Waals surface area contributed by atoms with Gasteiger partial charge in [0.2, 0.25) is 11.8 Å². The molecule has 0 spiro atoms. The standard InChI is InChI=1S/C29H25FN4O4/c1-3-36-21-11-6-18(7-12-21)27-26-25(22(15-31)28(32)38-29(26)34-33-27)19-8-13-23(24(14-19)35-2)37-16-17-4-9-20(30)10-5-17/h4-14,25H,3,16,32H2,1-2H3,(H,33,34). The molecule has 1 unspecified atom stereocenters. The van der Waals surface area contributed by atoms with Crippen LogP contribution in [0.15, 0.2) is 78.2 Å². The molecule has 2 heterocycles. The molecule has 0 bridgehead atoms. The fraction of sp³-hybridized carbons (Fsp3) is 0.172. The van der Waals surface area contributed by atoms with Crippen LogP contribution in [0.2, 0.25) is 0 Å². The first-order valence-corrected chi connectivity index (χ1v) is 12.0. The third kappa shape index (κ3) is 4.72. The van der Waals surface area contributed by atoms with Crippen molar-refractivity contribution in [3.63, 3.8) is 0 Å². The molecule has 1 aliphatic heterocycles. The van der Waals surface area contributed by atoms with E-state index in [1.807, 2.05) is 37.3 Å². The van der Waals surface area contributed by atoms with Crippen LogP contribution >= 0.6 is 0 Å². The Balaban J connectivity index is 1.52. The van der Waals surface area contributed by atoms with E-state index in [1.165, 1.54) is 19.2 Å². The van der Waals surface area contributed by atoms with Crippen LogP contribution in [0, 0.1) is 17.1 Å². The van der Waals surface area contributed by atoms with Gasteiger partial charge in [-0.1, -0.05) is 18.2 Å². The number of nitrogens with zero attached hydrogens (tertiary/aromatic N) is 2. The highest BCUT2D eigenvalue weighted by molar-refractivity contribution is 5.71. The summed E-state index contributed by atoms with van der Waals surface area (Å²) in [5, 5.41) is 17.4. The average Bonchev–Trinajstić information content (AvgIpc) is 3.35.